The van der Waals surface area contributed by atoms with Crippen molar-refractivity contribution in [1.29, 1.82) is 0 Å². The number of hydrogen-bond donors (Lipinski definition) is 3. The molecular weight excluding hydrogens is 210 g/mol. The number of rotatable bonds is 4. The van der Waals surface area contributed by atoms with Gasteiger partial charge in [0.1, 0.15) is 0 Å². The number of nitrogens with zero attached hydrogens (tertiary/aromatic N) is 1. The number of piperidine rings is 1. The van der Waals surface area contributed by atoms with Crippen LogP contribution in [-0.4, -0.2) is 54.6 Å². The van der Waals surface area contributed by atoms with Crippen molar-refractivity contribution in [3.8, 4) is 0 Å². The van der Waals surface area contributed by atoms with Gasteiger partial charge in [-0.15, -0.1) is 0 Å². The summed E-state index contributed by atoms with van der Waals surface area (Å²) in [5.41, 5.74) is 5.11. The maximum atomic E-state index is 11.7. The lowest BCUT2D eigenvalue weighted by molar-refractivity contribution is -0.134. The van der Waals surface area contributed by atoms with E-state index in [4.69, 9.17) is 10.8 Å². The van der Waals surface area contributed by atoms with E-state index >= 15 is 0 Å². The minimum atomic E-state index is -0.330. The van der Waals surface area contributed by atoms with E-state index in [-0.39, 0.29) is 37.4 Å². The molecule has 1 fully saturated rings. The van der Waals surface area contributed by atoms with Crippen molar-refractivity contribution in [2.75, 3.05) is 32.8 Å². The van der Waals surface area contributed by atoms with Gasteiger partial charge in [0.15, 0.2) is 0 Å². The highest BCUT2D eigenvalue weighted by Crippen LogP contribution is 2.15. The van der Waals surface area contributed by atoms with Crippen LogP contribution in [0.5, 0.6) is 0 Å². The van der Waals surface area contributed by atoms with Crippen LogP contribution in [0.25, 0.3) is 0 Å². The van der Waals surface area contributed by atoms with Crippen LogP contribution in [0.3, 0.4) is 0 Å². The van der Waals surface area contributed by atoms with Gasteiger partial charge < -0.3 is 21.1 Å². The summed E-state index contributed by atoms with van der Waals surface area (Å²) in [6.45, 7) is 1.28. The summed E-state index contributed by atoms with van der Waals surface area (Å²) in [6, 6.07) is 0. The van der Waals surface area contributed by atoms with E-state index in [0.29, 0.717) is 13.1 Å². The average molecular weight is 229 g/mol. The number of hydrogen-bond acceptors (Lipinski definition) is 4. The number of nitrogens with two attached hydrogens (primary N) is 1. The topological polar surface area (TPSA) is 95.7 Å². The third-order valence-electron chi connectivity index (χ3n) is 2.75. The molecule has 6 nitrogen and oxygen atoms in total. The van der Waals surface area contributed by atoms with Crippen LogP contribution in [0.1, 0.15) is 12.8 Å². The van der Waals surface area contributed by atoms with Crippen LogP contribution >= 0.6 is 0 Å². The zero-order chi connectivity index (χ0) is 12.0. The van der Waals surface area contributed by atoms with Gasteiger partial charge in [-0.1, -0.05) is 0 Å². The Balaban J connectivity index is 2.32. The van der Waals surface area contributed by atoms with E-state index in [1.54, 1.807) is 4.90 Å². The first-order valence-electron chi connectivity index (χ1n) is 5.52. The highest BCUT2D eigenvalue weighted by Gasteiger charge is 2.22. The van der Waals surface area contributed by atoms with Gasteiger partial charge in [-0.2, -0.15) is 0 Å². The molecule has 1 atom stereocenters. The van der Waals surface area contributed by atoms with E-state index in [1.807, 2.05) is 0 Å². The summed E-state index contributed by atoms with van der Waals surface area (Å²) >= 11 is 0. The Morgan fingerprint density at radius 2 is 2.25 bits per heavy atom. The van der Waals surface area contributed by atoms with Crippen LogP contribution < -0.4 is 11.1 Å². The van der Waals surface area contributed by atoms with Crippen molar-refractivity contribution < 1.29 is 14.7 Å². The number of amides is 2. The van der Waals surface area contributed by atoms with Crippen LogP contribution in [0.2, 0.25) is 0 Å². The smallest absolute Gasteiger partial charge is 0.241 e. The van der Waals surface area contributed by atoms with Gasteiger partial charge in [0, 0.05) is 19.7 Å². The van der Waals surface area contributed by atoms with Crippen molar-refractivity contribution in [2.24, 2.45) is 11.7 Å². The zero-order valence-electron chi connectivity index (χ0n) is 9.32. The molecule has 1 aliphatic heterocycles. The van der Waals surface area contributed by atoms with Crippen molar-refractivity contribution in [2.45, 2.75) is 12.8 Å². The van der Waals surface area contributed by atoms with Gasteiger partial charge in [0.05, 0.1) is 13.1 Å². The Morgan fingerprint density at radius 1 is 1.50 bits per heavy atom. The molecule has 92 valence electrons. The van der Waals surface area contributed by atoms with Gasteiger partial charge in [-0.25, -0.2) is 0 Å². The van der Waals surface area contributed by atoms with Crippen molar-refractivity contribution in [3.05, 3.63) is 0 Å². The number of likely N-dealkylation sites (tertiary alicyclic amines) is 1. The standard InChI is InChI=1S/C10H19N3O3/c11-4-9(15)12-5-10(16)13-3-1-2-8(6-13)7-14/h8,14H,1-7,11H2,(H,12,15). The quantitative estimate of drug-likeness (QED) is 0.535. The molecule has 1 saturated heterocycles. The normalized spacial score (nSPS) is 20.6. The van der Waals surface area contributed by atoms with Crippen molar-refractivity contribution in [3.63, 3.8) is 0 Å². The third-order valence-corrected chi connectivity index (χ3v) is 2.75. The fraction of sp³-hybridized carbons (Fsp3) is 0.800. The molecule has 0 aromatic carbocycles. The molecule has 0 aliphatic carbocycles. The van der Waals surface area contributed by atoms with Crippen LogP contribution in [0.4, 0.5) is 0 Å². The predicted octanol–water partition coefficient (Wildman–Crippen LogP) is -1.71. The maximum Gasteiger partial charge on any atom is 0.241 e. The van der Waals surface area contributed by atoms with Crippen LogP contribution in [0, 0.1) is 5.92 Å². The summed E-state index contributed by atoms with van der Waals surface area (Å²) in [6.07, 6.45) is 1.86. The number of nitrogens with one attached hydrogen (secondary N) is 1. The summed E-state index contributed by atoms with van der Waals surface area (Å²) in [5.74, 6) is -0.271. The SMILES string of the molecule is NCC(=O)NCC(=O)N1CCCC(CO)C1. The van der Waals surface area contributed by atoms with Crippen LogP contribution in [-0.2, 0) is 9.59 Å². The summed E-state index contributed by atoms with van der Waals surface area (Å²) in [7, 11) is 0. The number of aliphatic hydroxyl groups excluding tert-OH is 1. The minimum Gasteiger partial charge on any atom is -0.396 e. The fourth-order valence-corrected chi connectivity index (χ4v) is 1.80. The molecule has 2 amide bonds. The van der Waals surface area contributed by atoms with E-state index in [0.717, 1.165) is 12.8 Å². The lowest BCUT2D eigenvalue weighted by atomic mass is 9.99. The molecule has 0 aromatic rings. The molecule has 1 heterocycles. The average Bonchev–Trinajstić information content (AvgIpc) is 2.35. The second kappa shape index (κ2) is 6.44. The van der Waals surface area contributed by atoms with E-state index in [9.17, 15) is 9.59 Å². The molecule has 6 heteroatoms. The lowest BCUT2D eigenvalue weighted by Crippen LogP contribution is -2.46. The molecule has 4 N–H and O–H groups in total. The second-order valence-corrected chi connectivity index (χ2v) is 4.01. The van der Waals surface area contributed by atoms with Crippen LogP contribution in [0.15, 0.2) is 0 Å². The molecule has 0 radical (unpaired) electrons. The fourth-order valence-electron chi connectivity index (χ4n) is 1.80. The van der Waals surface area contributed by atoms with E-state index in [1.165, 1.54) is 0 Å². The summed E-state index contributed by atoms with van der Waals surface area (Å²) in [4.78, 5) is 24.2. The highest BCUT2D eigenvalue weighted by molar-refractivity contribution is 5.85. The first-order valence-corrected chi connectivity index (χ1v) is 5.52. The van der Waals surface area contributed by atoms with Gasteiger partial charge in [0.2, 0.25) is 11.8 Å². The number of aliphatic hydroxyl groups is 1. The Hall–Kier alpha value is -1.14. The third kappa shape index (κ3) is 3.79. The zero-order valence-corrected chi connectivity index (χ0v) is 9.32. The molecule has 0 aromatic heterocycles. The maximum absolute atomic E-state index is 11.7. The Bertz CT molecular complexity index is 258. The largest absolute Gasteiger partial charge is 0.396 e. The Kier molecular flexibility index (Phi) is 5.21. The Morgan fingerprint density at radius 3 is 2.88 bits per heavy atom. The van der Waals surface area contributed by atoms with Crippen molar-refractivity contribution >= 4 is 11.8 Å². The molecule has 16 heavy (non-hydrogen) atoms. The molecule has 0 saturated carbocycles. The van der Waals surface area contributed by atoms with Gasteiger partial charge in [-0.3, -0.25) is 9.59 Å². The number of carbonyl (C=O) groups excluding carboxylic acids is 2. The first-order chi connectivity index (χ1) is 7.67. The summed E-state index contributed by atoms with van der Waals surface area (Å²) < 4.78 is 0. The minimum absolute atomic E-state index is 0.00577. The molecule has 1 aliphatic rings. The Labute approximate surface area is 94.8 Å². The predicted molar refractivity (Wildman–Crippen MR) is 58.5 cm³/mol. The monoisotopic (exact) mass is 229 g/mol. The molecule has 0 spiro atoms. The van der Waals surface area contributed by atoms with E-state index in [2.05, 4.69) is 5.32 Å². The first kappa shape index (κ1) is 12.9. The molecule has 1 rings (SSSR count). The van der Waals surface area contributed by atoms with Gasteiger partial charge in [-0.05, 0) is 18.8 Å². The molecular formula is C10H19N3O3. The molecule has 0 bridgehead atoms. The highest BCUT2D eigenvalue weighted by atomic mass is 16.3. The lowest BCUT2D eigenvalue weighted by Gasteiger charge is -2.31. The summed E-state index contributed by atoms with van der Waals surface area (Å²) in [5, 5.41) is 11.5. The van der Waals surface area contributed by atoms with Crippen molar-refractivity contribution in [1.82, 2.24) is 10.2 Å². The molecule has 1 unspecified atom stereocenters. The second-order valence-electron chi connectivity index (χ2n) is 4.01. The number of carbonyl (C=O) groups is 2. The van der Waals surface area contributed by atoms with Gasteiger partial charge in [0.25, 0.3) is 0 Å². The van der Waals surface area contributed by atoms with Gasteiger partial charge >= 0.3 is 0 Å². The van der Waals surface area contributed by atoms with E-state index < -0.39 is 0 Å².